The fourth-order valence-corrected chi connectivity index (χ4v) is 3.40. The maximum absolute atomic E-state index is 12.2. The Kier molecular flexibility index (Phi) is 18.9. The van der Waals surface area contributed by atoms with Crippen LogP contribution in [0.4, 0.5) is 73.6 Å². The average Bonchev–Trinajstić information content (AvgIpc) is 3.11. The second-order valence-corrected chi connectivity index (χ2v) is 10.9. The van der Waals surface area contributed by atoms with E-state index in [1.54, 1.807) is 0 Å². The molecule has 0 aliphatic carbocycles. The molecule has 0 atom stereocenters. The predicted molar refractivity (Wildman–Crippen MR) is 199 cm³/mol. The molecule has 0 fully saturated rings. The summed E-state index contributed by atoms with van der Waals surface area (Å²) in [4.78, 5) is 0. The van der Waals surface area contributed by atoms with Gasteiger partial charge in [-0.05, 0) is 98.3 Å². The van der Waals surface area contributed by atoms with Gasteiger partial charge < -0.3 is 34.4 Å². The van der Waals surface area contributed by atoms with Crippen LogP contribution < -0.4 is 34.4 Å². The molecular weight excluding hydrogens is 723 g/mol. The first-order valence-corrected chi connectivity index (χ1v) is 15.4. The molecule has 0 bridgehead atoms. The van der Waals surface area contributed by atoms with Crippen LogP contribution in [0.15, 0.2) is 127 Å². The third-order valence-corrected chi connectivity index (χ3v) is 6.40. The number of para-hydroxylation sites is 2. The quantitative estimate of drug-likeness (QED) is 0.0668. The number of rotatable bonds is 0. The molecular formula is C39H39F9N6. The molecule has 12 N–H and O–H groups in total. The molecule has 0 unspecified atom stereocenters. The maximum Gasteiger partial charge on any atom is 0.416 e. The summed E-state index contributed by atoms with van der Waals surface area (Å²) in [5.74, 6) is -3.85. The van der Waals surface area contributed by atoms with Crippen LogP contribution in [-0.2, 0) is 6.18 Å². The highest BCUT2D eigenvalue weighted by molar-refractivity contribution is 5.45. The van der Waals surface area contributed by atoms with Crippen LogP contribution >= 0.6 is 0 Å². The zero-order chi connectivity index (χ0) is 41.0. The lowest BCUT2D eigenvalue weighted by Gasteiger charge is -2.05. The number of hydrogen-bond acceptors (Lipinski definition) is 6. The number of alkyl halides is 3. The molecule has 6 rings (SSSR count). The molecule has 6 nitrogen and oxygen atoms in total. The molecule has 288 valence electrons. The van der Waals surface area contributed by atoms with E-state index >= 15 is 0 Å². The van der Waals surface area contributed by atoms with Gasteiger partial charge in [-0.25, -0.2) is 26.3 Å². The van der Waals surface area contributed by atoms with Crippen LogP contribution in [0.2, 0.25) is 0 Å². The van der Waals surface area contributed by atoms with Crippen LogP contribution in [-0.4, -0.2) is 0 Å². The van der Waals surface area contributed by atoms with E-state index in [1.165, 1.54) is 29.8 Å². The van der Waals surface area contributed by atoms with Crippen molar-refractivity contribution in [3.63, 3.8) is 0 Å². The Morgan fingerprint density at radius 1 is 0.407 bits per heavy atom. The Hall–Kier alpha value is -6.51. The molecule has 0 aliphatic heterocycles. The monoisotopic (exact) mass is 762 g/mol. The highest BCUT2D eigenvalue weighted by Gasteiger charge is 2.30. The van der Waals surface area contributed by atoms with E-state index < -0.39 is 52.3 Å². The fourth-order valence-electron chi connectivity index (χ4n) is 3.40. The average molecular weight is 763 g/mol. The van der Waals surface area contributed by atoms with E-state index in [2.05, 4.69) is 0 Å². The Labute approximate surface area is 306 Å². The molecule has 0 saturated heterocycles. The molecule has 0 amide bonds. The molecule has 0 aromatic heterocycles. The van der Waals surface area contributed by atoms with E-state index in [0.717, 1.165) is 71.5 Å². The van der Waals surface area contributed by atoms with Crippen LogP contribution in [0.5, 0.6) is 0 Å². The van der Waals surface area contributed by atoms with E-state index in [-0.39, 0.29) is 17.1 Å². The third kappa shape index (κ3) is 18.1. The third-order valence-electron chi connectivity index (χ3n) is 6.40. The minimum atomic E-state index is -4.30. The van der Waals surface area contributed by atoms with Crippen molar-refractivity contribution in [1.82, 2.24) is 0 Å². The molecule has 54 heavy (non-hydrogen) atoms. The van der Waals surface area contributed by atoms with Gasteiger partial charge in [0.2, 0.25) is 0 Å². The van der Waals surface area contributed by atoms with E-state index in [0.29, 0.717) is 0 Å². The summed E-state index contributed by atoms with van der Waals surface area (Å²) in [7, 11) is 0. The second kappa shape index (κ2) is 22.4. The number of halogens is 9. The Morgan fingerprint density at radius 3 is 1.33 bits per heavy atom. The zero-order valence-corrected chi connectivity index (χ0v) is 29.0. The summed E-state index contributed by atoms with van der Waals surface area (Å²) in [6.07, 6.45) is -4.30. The molecule has 0 spiro atoms. The largest absolute Gasteiger partial charge is 0.416 e. The number of hydrogen-bond donors (Lipinski definition) is 6. The Balaban J connectivity index is 0.000000325. The molecule has 0 saturated carbocycles. The number of benzene rings is 6. The highest BCUT2D eigenvalue weighted by atomic mass is 19.4. The lowest BCUT2D eigenvalue weighted by Crippen LogP contribution is -2.04. The Bertz CT molecular complexity index is 1910. The first-order chi connectivity index (χ1) is 25.2. The van der Waals surface area contributed by atoms with Crippen molar-refractivity contribution >= 4 is 34.1 Å². The SMILES string of the molecule is Cc1ccc(N)cc1.Cc1ccccc1N.Nc1c(F)cccc1F.Nc1cc(F)ccc1F.Nc1ccc(F)cc1F.Nc1cccc(C(F)(F)F)c1. The summed E-state index contributed by atoms with van der Waals surface area (Å²) in [6.45, 7) is 4.04. The molecule has 0 aliphatic rings. The van der Waals surface area contributed by atoms with Crippen molar-refractivity contribution in [1.29, 1.82) is 0 Å². The Morgan fingerprint density at radius 2 is 0.944 bits per heavy atom. The summed E-state index contributed by atoms with van der Waals surface area (Å²) >= 11 is 0. The fraction of sp³-hybridized carbons (Fsp3) is 0.0769. The number of aryl methyl sites for hydroxylation is 2. The minimum absolute atomic E-state index is 0.0311. The summed E-state index contributed by atoms with van der Waals surface area (Å²) in [5, 5.41) is 0. The van der Waals surface area contributed by atoms with E-state index in [1.807, 2.05) is 62.4 Å². The number of nitrogen functional groups attached to an aromatic ring is 6. The van der Waals surface area contributed by atoms with Crippen molar-refractivity contribution in [3.8, 4) is 0 Å². The van der Waals surface area contributed by atoms with Crippen LogP contribution in [0.3, 0.4) is 0 Å². The molecule has 0 radical (unpaired) electrons. The number of anilines is 6. The predicted octanol–water partition coefficient (Wildman–Crippen LogP) is 10.1. The summed E-state index contributed by atoms with van der Waals surface area (Å²) in [6, 6.07) is 29.6. The lowest BCUT2D eigenvalue weighted by molar-refractivity contribution is -0.137. The van der Waals surface area contributed by atoms with Crippen molar-refractivity contribution in [2.75, 3.05) is 34.4 Å². The van der Waals surface area contributed by atoms with Crippen LogP contribution in [0, 0.1) is 48.8 Å². The van der Waals surface area contributed by atoms with Gasteiger partial charge in [-0.15, -0.1) is 0 Å². The van der Waals surface area contributed by atoms with Gasteiger partial charge in [0.15, 0.2) is 0 Å². The number of nitrogens with two attached hydrogens (primary N) is 6. The van der Waals surface area contributed by atoms with Crippen molar-refractivity contribution in [2.24, 2.45) is 0 Å². The second-order valence-electron chi connectivity index (χ2n) is 10.9. The van der Waals surface area contributed by atoms with Crippen LogP contribution in [0.25, 0.3) is 0 Å². The molecule has 6 aromatic carbocycles. The van der Waals surface area contributed by atoms with Crippen molar-refractivity contribution in [3.05, 3.63) is 179 Å². The highest BCUT2D eigenvalue weighted by Crippen LogP contribution is 2.29. The van der Waals surface area contributed by atoms with Gasteiger partial charge in [0, 0.05) is 23.1 Å². The van der Waals surface area contributed by atoms with Gasteiger partial charge in [-0.1, -0.05) is 48.0 Å². The minimum Gasteiger partial charge on any atom is -0.399 e. The molecule has 15 heteroatoms. The van der Waals surface area contributed by atoms with Gasteiger partial charge in [-0.2, -0.15) is 13.2 Å². The van der Waals surface area contributed by atoms with Gasteiger partial charge in [0.25, 0.3) is 0 Å². The molecule has 0 heterocycles. The first kappa shape index (κ1) is 45.5. The van der Waals surface area contributed by atoms with Crippen LogP contribution in [0.1, 0.15) is 16.7 Å². The maximum atomic E-state index is 12.2. The van der Waals surface area contributed by atoms with Gasteiger partial charge >= 0.3 is 6.18 Å². The van der Waals surface area contributed by atoms with E-state index in [4.69, 9.17) is 34.4 Å². The first-order valence-electron chi connectivity index (χ1n) is 15.4. The zero-order valence-electron chi connectivity index (χ0n) is 29.0. The van der Waals surface area contributed by atoms with Gasteiger partial charge in [-0.3, -0.25) is 0 Å². The standard InChI is InChI=1S/C7H6F3N.2C7H9N.3C6H5F2N/c8-7(9,10)5-2-1-3-6(11)4-5;1-6-2-4-7(8)5-3-6;1-6-4-2-3-5-7(6)8;7-4-1-2-6(9)5(8)3-4;7-4-1-2-5(8)6(9)3-4;7-4-2-1-3-5(8)6(4)9/h1-4H,11H2;2*2-5H,8H2,1H3;3*1-3H,9H2. The van der Waals surface area contributed by atoms with Crippen molar-refractivity contribution < 1.29 is 39.5 Å². The lowest BCUT2D eigenvalue weighted by atomic mass is 10.2. The smallest absolute Gasteiger partial charge is 0.399 e. The topological polar surface area (TPSA) is 156 Å². The van der Waals surface area contributed by atoms with Gasteiger partial charge in [0.05, 0.1) is 16.9 Å². The van der Waals surface area contributed by atoms with Gasteiger partial charge in [0.1, 0.15) is 40.6 Å². The summed E-state index contributed by atoms with van der Waals surface area (Å²) < 4.78 is 109. The van der Waals surface area contributed by atoms with Crippen molar-refractivity contribution in [2.45, 2.75) is 20.0 Å². The normalized spacial score (nSPS) is 9.83. The molecule has 6 aromatic rings. The van der Waals surface area contributed by atoms with E-state index in [9.17, 15) is 39.5 Å². The summed E-state index contributed by atoms with van der Waals surface area (Å²) in [5.41, 5.74) is 34.0.